The van der Waals surface area contributed by atoms with E-state index in [0.717, 1.165) is 25.2 Å². The summed E-state index contributed by atoms with van der Waals surface area (Å²) in [5.41, 5.74) is 8.57. The molecule has 1 aromatic heterocycles. The van der Waals surface area contributed by atoms with E-state index in [1.54, 1.807) is 6.07 Å². The zero-order valence-corrected chi connectivity index (χ0v) is 10.6. The van der Waals surface area contributed by atoms with E-state index in [1.165, 1.54) is 6.92 Å². The van der Waals surface area contributed by atoms with E-state index < -0.39 is 0 Å². The standard InChI is InChI=1S/C12H15N5O2/c1-7(18)14-8-4-5-17(6-8)10-3-2-9(13)11-12(10)16-19-15-11/h2-3,8H,4-6,13H2,1H3,(H,14,18). The van der Waals surface area contributed by atoms with Crippen molar-refractivity contribution >= 4 is 28.3 Å². The van der Waals surface area contributed by atoms with Crippen LogP contribution in [0.1, 0.15) is 13.3 Å². The molecule has 2 heterocycles. The average molecular weight is 261 g/mol. The number of nitrogens with two attached hydrogens (primary N) is 1. The summed E-state index contributed by atoms with van der Waals surface area (Å²) in [5, 5.41) is 10.7. The molecule has 1 amide bonds. The third-order valence-corrected chi connectivity index (χ3v) is 3.36. The van der Waals surface area contributed by atoms with Gasteiger partial charge < -0.3 is 16.0 Å². The van der Waals surface area contributed by atoms with Crippen molar-refractivity contribution in [3.63, 3.8) is 0 Å². The van der Waals surface area contributed by atoms with E-state index in [4.69, 9.17) is 10.4 Å². The molecule has 7 heteroatoms. The Morgan fingerprint density at radius 3 is 3.05 bits per heavy atom. The third-order valence-electron chi connectivity index (χ3n) is 3.36. The number of aromatic nitrogens is 2. The number of nitrogens with zero attached hydrogens (tertiary/aromatic N) is 3. The number of nitrogens with one attached hydrogen (secondary N) is 1. The lowest BCUT2D eigenvalue weighted by atomic mass is 10.2. The van der Waals surface area contributed by atoms with Crippen molar-refractivity contribution in [3.05, 3.63) is 12.1 Å². The first kappa shape index (κ1) is 11.8. The van der Waals surface area contributed by atoms with Gasteiger partial charge in [0.15, 0.2) is 11.0 Å². The molecule has 1 aromatic carbocycles. The van der Waals surface area contributed by atoms with E-state index >= 15 is 0 Å². The predicted molar refractivity (Wildman–Crippen MR) is 70.7 cm³/mol. The second kappa shape index (κ2) is 4.42. The first-order valence-electron chi connectivity index (χ1n) is 6.18. The van der Waals surface area contributed by atoms with Gasteiger partial charge in [-0.2, -0.15) is 0 Å². The highest BCUT2D eigenvalue weighted by Crippen LogP contribution is 2.30. The zero-order valence-electron chi connectivity index (χ0n) is 10.6. The van der Waals surface area contributed by atoms with Gasteiger partial charge in [0, 0.05) is 26.1 Å². The first-order valence-corrected chi connectivity index (χ1v) is 6.18. The van der Waals surface area contributed by atoms with Gasteiger partial charge in [0.2, 0.25) is 5.91 Å². The number of hydrogen-bond acceptors (Lipinski definition) is 6. The van der Waals surface area contributed by atoms with Gasteiger partial charge in [-0.1, -0.05) is 0 Å². The molecule has 3 N–H and O–H groups in total. The van der Waals surface area contributed by atoms with Gasteiger partial charge in [0.05, 0.1) is 11.4 Å². The van der Waals surface area contributed by atoms with Crippen molar-refractivity contribution in [2.24, 2.45) is 0 Å². The highest BCUT2D eigenvalue weighted by atomic mass is 16.6. The topological polar surface area (TPSA) is 97.3 Å². The monoisotopic (exact) mass is 261 g/mol. The molecule has 1 saturated heterocycles. The Labute approximate surface area is 109 Å². The van der Waals surface area contributed by atoms with E-state index in [-0.39, 0.29) is 11.9 Å². The number of rotatable bonds is 2. The van der Waals surface area contributed by atoms with Crippen molar-refractivity contribution < 1.29 is 9.42 Å². The number of carbonyl (C=O) groups is 1. The summed E-state index contributed by atoms with van der Waals surface area (Å²) in [7, 11) is 0. The maximum Gasteiger partial charge on any atom is 0.217 e. The van der Waals surface area contributed by atoms with E-state index in [0.29, 0.717) is 16.7 Å². The molecule has 0 aliphatic carbocycles. The largest absolute Gasteiger partial charge is 0.397 e. The lowest BCUT2D eigenvalue weighted by Gasteiger charge is -2.19. The molecule has 0 saturated carbocycles. The van der Waals surface area contributed by atoms with Gasteiger partial charge in [-0.15, -0.1) is 0 Å². The first-order chi connectivity index (χ1) is 9.15. The molecule has 1 aliphatic heterocycles. The smallest absolute Gasteiger partial charge is 0.217 e. The number of hydrogen-bond donors (Lipinski definition) is 2. The SMILES string of the molecule is CC(=O)NC1CCN(c2ccc(N)c3nonc23)C1. The maximum atomic E-state index is 11.1. The Morgan fingerprint density at radius 1 is 1.47 bits per heavy atom. The van der Waals surface area contributed by atoms with Crippen molar-refractivity contribution in [1.29, 1.82) is 0 Å². The fourth-order valence-corrected chi connectivity index (χ4v) is 2.51. The number of nitrogen functional groups attached to an aromatic ring is 1. The number of fused-ring (bicyclic) bond motifs is 1. The van der Waals surface area contributed by atoms with Crippen molar-refractivity contribution in [3.8, 4) is 0 Å². The molecular weight excluding hydrogens is 246 g/mol. The molecule has 7 nitrogen and oxygen atoms in total. The number of anilines is 2. The third kappa shape index (κ3) is 2.07. The molecular formula is C12H15N5O2. The molecule has 1 aliphatic rings. The van der Waals surface area contributed by atoms with Crippen LogP contribution in [0.15, 0.2) is 16.8 Å². The van der Waals surface area contributed by atoms with E-state index in [1.807, 2.05) is 6.07 Å². The van der Waals surface area contributed by atoms with Gasteiger partial charge in [0.25, 0.3) is 0 Å². The van der Waals surface area contributed by atoms with Crippen molar-refractivity contribution in [1.82, 2.24) is 15.6 Å². The minimum atomic E-state index is -0.00240. The minimum Gasteiger partial charge on any atom is -0.397 e. The quantitative estimate of drug-likeness (QED) is 0.765. The highest BCUT2D eigenvalue weighted by Gasteiger charge is 2.25. The molecule has 100 valence electrons. The number of carbonyl (C=O) groups excluding carboxylic acids is 1. The molecule has 0 spiro atoms. The van der Waals surface area contributed by atoms with E-state index in [9.17, 15) is 4.79 Å². The van der Waals surface area contributed by atoms with Crippen LogP contribution >= 0.6 is 0 Å². The van der Waals surface area contributed by atoms with Crippen LogP contribution < -0.4 is 16.0 Å². The molecule has 1 fully saturated rings. The molecule has 19 heavy (non-hydrogen) atoms. The van der Waals surface area contributed by atoms with E-state index in [2.05, 4.69) is 20.5 Å². The summed E-state index contributed by atoms with van der Waals surface area (Å²) in [5.74, 6) is -0.00240. The summed E-state index contributed by atoms with van der Waals surface area (Å²) in [4.78, 5) is 13.2. The normalized spacial score (nSPS) is 19.0. The van der Waals surface area contributed by atoms with Crippen molar-refractivity contribution in [2.45, 2.75) is 19.4 Å². The fourth-order valence-electron chi connectivity index (χ4n) is 2.51. The maximum absolute atomic E-state index is 11.1. The van der Waals surface area contributed by atoms with Gasteiger partial charge in [0.1, 0.15) is 0 Å². The Balaban J connectivity index is 1.88. The summed E-state index contributed by atoms with van der Waals surface area (Å²) < 4.78 is 4.76. The molecule has 2 aromatic rings. The molecule has 1 unspecified atom stereocenters. The highest BCUT2D eigenvalue weighted by molar-refractivity contribution is 5.95. The van der Waals surface area contributed by atoms with Crippen LogP contribution in [0.2, 0.25) is 0 Å². The Hall–Kier alpha value is -2.31. The second-order valence-electron chi connectivity index (χ2n) is 4.77. The van der Waals surface area contributed by atoms with Crippen LogP contribution in [0.3, 0.4) is 0 Å². The predicted octanol–water partition coefficient (Wildman–Crippen LogP) is 0.520. The van der Waals surface area contributed by atoms with Crippen LogP contribution in [0.4, 0.5) is 11.4 Å². The molecule has 0 bridgehead atoms. The summed E-state index contributed by atoms with van der Waals surface area (Å²) in [6.45, 7) is 3.15. The summed E-state index contributed by atoms with van der Waals surface area (Å²) in [6, 6.07) is 3.89. The minimum absolute atomic E-state index is 0.00240. The Morgan fingerprint density at radius 2 is 2.26 bits per heavy atom. The van der Waals surface area contributed by atoms with Crippen LogP contribution in [-0.4, -0.2) is 35.4 Å². The molecule has 0 radical (unpaired) electrons. The van der Waals surface area contributed by atoms with Crippen LogP contribution in [0.5, 0.6) is 0 Å². The fraction of sp³-hybridized carbons (Fsp3) is 0.417. The number of benzene rings is 1. The molecule has 1 atom stereocenters. The van der Waals surface area contributed by atoms with Gasteiger partial charge >= 0.3 is 0 Å². The van der Waals surface area contributed by atoms with Gasteiger partial charge in [-0.3, -0.25) is 4.79 Å². The lowest BCUT2D eigenvalue weighted by molar-refractivity contribution is -0.119. The number of amides is 1. The van der Waals surface area contributed by atoms with Crippen LogP contribution in [0, 0.1) is 0 Å². The zero-order chi connectivity index (χ0) is 13.4. The summed E-state index contributed by atoms with van der Waals surface area (Å²) in [6.07, 6.45) is 0.913. The Kier molecular flexibility index (Phi) is 2.73. The second-order valence-corrected chi connectivity index (χ2v) is 4.77. The van der Waals surface area contributed by atoms with Gasteiger partial charge in [-0.05, 0) is 28.9 Å². The van der Waals surface area contributed by atoms with Gasteiger partial charge in [-0.25, -0.2) is 4.63 Å². The average Bonchev–Trinajstić information content (AvgIpc) is 2.98. The molecule has 3 rings (SSSR count). The van der Waals surface area contributed by atoms with Crippen LogP contribution in [0.25, 0.3) is 11.0 Å². The lowest BCUT2D eigenvalue weighted by Crippen LogP contribution is -2.35. The Bertz CT molecular complexity index is 624. The van der Waals surface area contributed by atoms with Crippen molar-refractivity contribution in [2.75, 3.05) is 23.7 Å². The summed E-state index contributed by atoms with van der Waals surface area (Å²) >= 11 is 0. The van der Waals surface area contributed by atoms with Crippen LogP contribution in [-0.2, 0) is 4.79 Å².